The molecule has 0 N–H and O–H groups in total. The van der Waals surface area contributed by atoms with Crippen molar-refractivity contribution < 1.29 is 8.78 Å². The normalized spacial score (nSPS) is 9.92. The van der Waals surface area contributed by atoms with Crippen LogP contribution in [0.5, 0.6) is 0 Å². The Morgan fingerprint density at radius 3 is 2.25 bits per heavy atom. The fraction of sp³-hybridized carbons (Fsp3) is 0.200. The van der Waals surface area contributed by atoms with Gasteiger partial charge in [0.2, 0.25) is 0 Å². The van der Waals surface area contributed by atoms with E-state index in [9.17, 15) is 8.78 Å². The van der Waals surface area contributed by atoms with Crippen LogP contribution in [0.4, 0.5) is 8.78 Å². The highest BCUT2D eigenvalue weighted by atomic mass is 19.1. The maximum absolute atomic E-state index is 12.9. The molecule has 64 valence electrons. The summed E-state index contributed by atoms with van der Waals surface area (Å²) in [5.74, 6) is -1.00. The lowest BCUT2D eigenvalue weighted by molar-refractivity contribution is 0.561. The summed E-state index contributed by atoms with van der Waals surface area (Å²) < 4.78 is 25.9. The number of hydrogen-bond donors (Lipinski definition) is 0. The predicted octanol–water partition coefficient (Wildman–Crippen LogP) is 3.08. The van der Waals surface area contributed by atoms with Gasteiger partial charge in [0.05, 0.1) is 0 Å². The molecule has 0 bridgehead atoms. The summed E-state index contributed by atoms with van der Waals surface area (Å²) in [7, 11) is 0. The van der Waals surface area contributed by atoms with E-state index in [4.69, 9.17) is 0 Å². The largest absolute Gasteiger partial charge is 0.207 e. The summed E-state index contributed by atoms with van der Waals surface area (Å²) in [4.78, 5) is 0. The van der Waals surface area contributed by atoms with Crippen molar-refractivity contribution in [2.45, 2.75) is 13.3 Å². The van der Waals surface area contributed by atoms with Crippen LogP contribution in [0.3, 0.4) is 0 Å². The first kappa shape index (κ1) is 8.91. The van der Waals surface area contributed by atoms with Gasteiger partial charge in [0, 0.05) is 5.56 Å². The maximum atomic E-state index is 12.9. The van der Waals surface area contributed by atoms with Gasteiger partial charge < -0.3 is 0 Å². The second-order valence-electron chi connectivity index (χ2n) is 2.83. The molecule has 0 unspecified atom stereocenters. The van der Waals surface area contributed by atoms with Gasteiger partial charge in [-0.25, -0.2) is 8.78 Å². The van der Waals surface area contributed by atoms with Crippen molar-refractivity contribution in [1.29, 1.82) is 0 Å². The van der Waals surface area contributed by atoms with E-state index >= 15 is 0 Å². The molecular weight excluding hydrogens is 158 g/mol. The molecule has 0 spiro atoms. The van der Waals surface area contributed by atoms with E-state index in [0.29, 0.717) is 0 Å². The number of rotatable bonds is 2. The summed E-state index contributed by atoms with van der Waals surface area (Å²) in [6, 6.07) is 3.86. The molecular formula is C10H10F2. The molecule has 0 fully saturated rings. The second-order valence-corrected chi connectivity index (χ2v) is 2.83. The molecule has 0 radical (unpaired) electrons. The summed E-state index contributed by atoms with van der Waals surface area (Å²) in [5, 5.41) is 0. The Balaban J connectivity index is 3.04. The Morgan fingerprint density at radius 1 is 1.33 bits per heavy atom. The SMILES string of the molecule is C=C(C)Cc1c(F)cccc1F. The van der Waals surface area contributed by atoms with Crippen molar-refractivity contribution in [1.82, 2.24) is 0 Å². The molecule has 0 nitrogen and oxygen atoms in total. The van der Waals surface area contributed by atoms with Gasteiger partial charge in [-0.15, -0.1) is 0 Å². The van der Waals surface area contributed by atoms with Gasteiger partial charge in [-0.05, 0) is 25.5 Å². The van der Waals surface area contributed by atoms with Crippen LogP contribution in [0.15, 0.2) is 30.4 Å². The molecule has 0 aliphatic carbocycles. The highest BCUT2D eigenvalue weighted by molar-refractivity contribution is 5.23. The number of halogens is 2. The number of allylic oxidation sites excluding steroid dienone is 1. The maximum Gasteiger partial charge on any atom is 0.129 e. The highest BCUT2D eigenvalue weighted by Gasteiger charge is 2.07. The smallest absolute Gasteiger partial charge is 0.129 e. The zero-order chi connectivity index (χ0) is 9.14. The Morgan fingerprint density at radius 2 is 1.83 bits per heavy atom. The molecule has 0 aliphatic heterocycles. The first-order valence-corrected chi connectivity index (χ1v) is 3.68. The van der Waals surface area contributed by atoms with Gasteiger partial charge in [0.15, 0.2) is 0 Å². The molecule has 0 saturated carbocycles. The number of benzene rings is 1. The number of hydrogen-bond acceptors (Lipinski definition) is 0. The van der Waals surface area contributed by atoms with Gasteiger partial charge in [0.1, 0.15) is 11.6 Å². The Labute approximate surface area is 70.5 Å². The van der Waals surface area contributed by atoms with Gasteiger partial charge in [0.25, 0.3) is 0 Å². The zero-order valence-corrected chi connectivity index (χ0v) is 6.90. The Kier molecular flexibility index (Phi) is 2.58. The van der Waals surface area contributed by atoms with Crippen LogP contribution in [0.25, 0.3) is 0 Å². The lowest BCUT2D eigenvalue weighted by atomic mass is 10.1. The van der Waals surface area contributed by atoms with Gasteiger partial charge in [-0.3, -0.25) is 0 Å². The van der Waals surface area contributed by atoms with Crippen molar-refractivity contribution in [2.75, 3.05) is 0 Å². The third kappa shape index (κ3) is 1.91. The summed E-state index contributed by atoms with van der Waals surface area (Å²) in [6.45, 7) is 5.34. The zero-order valence-electron chi connectivity index (χ0n) is 6.90. The topological polar surface area (TPSA) is 0 Å². The first-order valence-electron chi connectivity index (χ1n) is 3.68. The fourth-order valence-electron chi connectivity index (χ4n) is 1.00. The molecule has 1 aromatic rings. The van der Waals surface area contributed by atoms with E-state index in [1.54, 1.807) is 6.92 Å². The lowest BCUT2D eigenvalue weighted by Crippen LogP contribution is -1.95. The van der Waals surface area contributed by atoms with Crippen molar-refractivity contribution in [3.8, 4) is 0 Å². The van der Waals surface area contributed by atoms with Crippen LogP contribution < -0.4 is 0 Å². The van der Waals surface area contributed by atoms with E-state index in [1.165, 1.54) is 18.2 Å². The van der Waals surface area contributed by atoms with Crippen molar-refractivity contribution in [2.24, 2.45) is 0 Å². The minimum atomic E-state index is -0.502. The van der Waals surface area contributed by atoms with Crippen LogP contribution in [-0.4, -0.2) is 0 Å². The highest BCUT2D eigenvalue weighted by Crippen LogP contribution is 2.15. The average molecular weight is 168 g/mol. The van der Waals surface area contributed by atoms with Crippen LogP contribution in [0.2, 0.25) is 0 Å². The van der Waals surface area contributed by atoms with E-state index in [1.807, 2.05) is 0 Å². The molecule has 1 rings (SSSR count). The third-order valence-electron chi connectivity index (χ3n) is 1.54. The molecule has 0 amide bonds. The minimum Gasteiger partial charge on any atom is -0.207 e. The molecule has 0 aliphatic rings. The van der Waals surface area contributed by atoms with Crippen LogP contribution in [-0.2, 0) is 6.42 Å². The molecule has 0 heterocycles. The Bertz CT molecular complexity index is 282. The molecule has 0 saturated heterocycles. The summed E-state index contributed by atoms with van der Waals surface area (Å²) in [5.41, 5.74) is 0.851. The van der Waals surface area contributed by atoms with E-state index < -0.39 is 11.6 Å². The molecule has 0 atom stereocenters. The quantitative estimate of drug-likeness (QED) is 0.595. The average Bonchev–Trinajstić information content (AvgIpc) is 1.97. The third-order valence-corrected chi connectivity index (χ3v) is 1.54. The fourth-order valence-corrected chi connectivity index (χ4v) is 1.00. The van der Waals surface area contributed by atoms with E-state index in [2.05, 4.69) is 6.58 Å². The van der Waals surface area contributed by atoms with Crippen LogP contribution in [0, 0.1) is 11.6 Å². The monoisotopic (exact) mass is 168 g/mol. The van der Waals surface area contributed by atoms with Crippen LogP contribution in [0.1, 0.15) is 12.5 Å². The van der Waals surface area contributed by atoms with E-state index in [-0.39, 0.29) is 12.0 Å². The molecule has 1 aromatic carbocycles. The standard InChI is InChI=1S/C10H10F2/c1-7(2)6-8-9(11)4-3-5-10(8)12/h3-5H,1,6H2,2H3. The van der Waals surface area contributed by atoms with Crippen LogP contribution >= 0.6 is 0 Å². The minimum absolute atomic E-state index is 0.102. The second kappa shape index (κ2) is 3.48. The molecule has 2 heteroatoms. The summed E-state index contributed by atoms with van der Waals surface area (Å²) >= 11 is 0. The van der Waals surface area contributed by atoms with Gasteiger partial charge in [-0.1, -0.05) is 18.2 Å². The first-order chi connectivity index (χ1) is 5.61. The van der Waals surface area contributed by atoms with E-state index in [0.717, 1.165) is 5.57 Å². The van der Waals surface area contributed by atoms with Crippen molar-refractivity contribution in [3.05, 3.63) is 47.5 Å². The van der Waals surface area contributed by atoms with Crippen molar-refractivity contribution >= 4 is 0 Å². The van der Waals surface area contributed by atoms with Gasteiger partial charge in [-0.2, -0.15) is 0 Å². The van der Waals surface area contributed by atoms with Gasteiger partial charge >= 0.3 is 0 Å². The molecule has 0 aromatic heterocycles. The Hall–Kier alpha value is -1.18. The summed E-state index contributed by atoms with van der Waals surface area (Å²) in [6.07, 6.45) is 0.262. The predicted molar refractivity (Wildman–Crippen MR) is 44.9 cm³/mol. The lowest BCUT2D eigenvalue weighted by Gasteiger charge is -2.03. The molecule has 12 heavy (non-hydrogen) atoms. The van der Waals surface area contributed by atoms with Crippen molar-refractivity contribution in [3.63, 3.8) is 0 Å².